The lowest BCUT2D eigenvalue weighted by molar-refractivity contribution is 0.0459. The van der Waals surface area contributed by atoms with Crippen LogP contribution in [-0.2, 0) is 9.47 Å². The first kappa shape index (κ1) is 19.5. The molecule has 2 aromatic carbocycles. The summed E-state index contributed by atoms with van der Waals surface area (Å²) in [6.45, 7) is 0.834. The molecule has 1 unspecified atom stereocenters. The number of rotatable bonds is 8. The third-order valence-corrected chi connectivity index (χ3v) is 5.05. The molecule has 1 saturated heterocycles. The predicted molar refractivity (Wildman–Crippen MR) is 104 cm³/mol. The molecule has 2 aromatic rings. The molecular weight excluding hydrogens is 364 g/mol. The number of Topliss-reactive ketones (excluding diaryl/α,β-unsaturated/α-hetero) is 1. The maximum atomic E-state index is 12.4. The molecule has 3 rings (SSSR count). The number of ether oxygens (including phenoxy) is 3. The fourth-order valence-corrected chi connectivity index (χ4v) is 3.20. The van der Waals surface area contributed by atoms with Gasteiger partial charge in [0.25, 0.3) is 0 Å². The molecule has 0 aromatic heterocycles. The zero-order valence-electron chi connectivity index (χ0n) is 15.2. The fourth-order valence-electron chi connectivity index (χ4n) is 2.79. The Balaban J connectivity index is 1.57. The molecule has 1 aliphatic rings. The Labute approximate surface area is 163 Å². The molecular formula is C21H22O5S. The summed E-state index contributed by atoms with van der Waals surface area (Å²) in [5.74, 6) is -0.379. The van der Waals surface area contributed by atoms with E-state index in [1.165, 1.54) is 0 Å². The second kappa shape index (κ2) is 9.58. The van der Waals surface area contributed by atoms with E-state index in [9.17, 15) is 9.59 Å². The number of benzene rings is 2. The van der Waals surface area contributed by atoms with E-state index in [4.69, 9.17) is 14.2 Å². The number of carbonyl (C=O) groups excluding carboxylic acids is 2. The fraction of sp³-hybridized carbons (Fsp3) is 0.333. The van der Waals surface area contributed by atoms with Gasteiger partial charge < -0.3 is 14.2 Å². The van der Waals surface area contributed by atoms with Crippen LogP contribution in [0.15, 0.2) is 53.4 Å². The molecule has 0 N–H and O–H groups in total. The van der Waals surface area contributed by atoms with E-state index in [1.807, 2.05) is 18.4 Å². The summed E-state index contributed by atoms with van der Waals surface area (Å²) in [6, 6.07) is 14.1. The van der Waals surface area contributed by atoms with Crippen molar-refractivity contribution in [3.63, 3.8) is 0 Å². The summed E-state index contributed by atoms with van der Waals surface area (Å²) in [5, 5.41) is 0. The minimum atomic E-state index is -0.577. The molecule has 1 aliphatic heterocycles. The van der Waals surface area contributed by atoms with Crippen molar-refractivity contribution in [3.05, 3.63) is 59.7 Å². The van der Waals surface area contributed by atoms with Crippen molar-refractivity contribution in [3.8, 4) is 5.75 Å². The van der Waals surface area contributed by atoms with Crippen LogP contribution < -0.4 is 4.74 Å². The van der Waals surface area contributed by atoms with Gasteiger partial charge in [0.15, 0.2) is 12.4 Å². The number of hydrogen-bond acceptors (Lipinski definition) is 6. The van der Waals surface area contributed by atoms with E-state index >= 15 is 0 Å². The molecule has 5 nitrogen and oxygen atoms in total. The zero-order chi connectivity index (χ0) is 19.1. The van der Waals surface area contributed by atoms with Crippen molar-refractivity contribution >= 4 is 23.5 Å². The average molecular weight is 386 g/mol. The highest BCUT2D eigenvalue weighted by Gasteiger charge is 2.19. The third kappa shape index (κ3) is 5.34. The van der Waals surface area contributed by atoms with Gasteiger partial charge >= 0.3 is 5.97 Å². The maximum Gasteiger partial charge on any atom is 0.342 e. The summed E-state index contributed by atoms with van der Waals surface area (Å²) < 4.78 is 16.5. The van der Waals surface area contributed by atoms with Crippen LogP contribution in [0.1, 0.15) is 33.6 Å². The van der Waals surface area contributed by atoms with Crippen molar-refractivity contribution < 1.29 is 23.8 Å². The number of carbonyl (C=O) groups is 2. The molecule has 1 fully saturated rings. The van der Waals surface area contributed by atoms with Crippen LogP contribution in [-0.4, -0.2) is 43.9 Å². The molecule has 0 aliphatic carbocycles. The van der Waals surface area contributed by atoms with Gasteiger partial charge in [-0.1, -0.05) is 24.3 Å². The Morgan fingerprint density at radius 3 is 2.63 bits per heavy atom. The van der Waals surface area contributed by atoms with E-state index in [2.05, 4.69) is 0 Å². The predicted octanol–water partition coefficient (Wildman–Crippen LogP) is 4.01. The summed E-state index contributed by atoms with van der Waals surface area (Å²) in [5.41, 5.74) is 0.824. The lowest BCUT2D eigenvalue weighted by Crippen LogP contribution is -2.19. The number of thioether (sulfide) groups is 1. The maximum absolute atomic E-state index is 12.4. The Morgan fingerprint density at radius 2 is 1.93 bits per heavy atom. The van der Waals surface area contributed by atoms with Crippen molar-refractivity contribution in [2.24, 2.45) is 0 Å². The highest BCUT2D eigenvalue weighted by molar-refractivity contribution is 7.98. The molecule has 1 atom stereocenters. The summed E-state index contributed by atoms with van der Waals surface area (Å²) in [7, 11) is 0. The van der Waals surface area contributed by atoms with E-state index in [-0.39, 0.29) is 18.5 Å². The van der Waals surface area contributed by atoms with E-state index in [1.54, 1.807) is 48.2 Å². The quantitative estimate of drug-likeness (QED) is 0.388. The molecule has 6 heteroatoms. The first-order valence-electron chi connectivity index (χ1n) is 8.85. The summed E-state index contributed by atoms with van der Waals surface area (Å²) in [4.78, 5) is 25.7. The van der Waals surface area contributed by atoms with Gasteiger partial charge in [0, 0.05) is 17.1 Å². The topological polar surface area (TPSA) is 61.8 Å². The second-order valence-electron chi connectivity index (χ2n) is 6.17. The zero-order valence-corrected chi connectivity index (χ0v) is 16.0. The Kier molecular flexibility index (Phi) is 6.90. The van der Waals surface area contributed by atoms with E-state index in [0.717, 1.165) is 24.3 Å². The first-order valence-corrected chi connectivity index (χ1v) is 10.1. The summed E-state index contributed by atoms with van der Waals surface area (Å²) >= 11 is 1.60. The Hall–Kier alpha value is -2.31. The lowest BCUT2D eigenvalue weighted by atomic mass is 10.1. The van der Waals surface area contributed by atoms with Gasteiger partial charge in [0.2, 0.25) is 0 Å². The van der Waals surface area contributed by atoms with Crippen LogP contribution >= 0.6 is 11.8 Å². The average Bonchev–Trinajstić information content (AvgIpc) is 3.24. The minimum Gasteiger partial charge on any atom is -0.490 e. The van der Waals surface area contributed by atoms with Crippen LogP contribution in [0.5, 0.6) is 5.75 Å². The van der Waals surface area contributed by atoms with Gasteiger partial charge in [0.05, 0.1) is 6.10 Å². The van der Waals surface area contributed by atoms with Crippen LogP contribution in [0.25, 0.3) is 0 Å². The van der Waals surface area contributed by atoms with Crippen molar-refractivity contribution in [1.82, 2.24) is 0 Å². The third-order valence-electron chi connectivity index (χ3n) is 4.30. The van der Waals surface area contributed by atoms with Crippen LogP contribution in [0.2, 0.25) is 0 Å². The van der Waals surface area contributed by atoms with Gasteiger partial charge in [-0.2, -0.15) is 0 Å². The smallest absolute Gasteiger partial charge is 0.342 e. The number of hydrogen-bond donors (Lipinski definition) is 0. The number of para-hydroxylation sites is 1. The Bertz CT molecular complexity index is 781. The monoisotopic (exact) mass is 386 g/mol. The number of ketones is 1. The van der Waals surface area contributed by atoms with E-state index in [0.29, 0.717) is 23.5 Å². The van der Waals surface area contributed by atoms with Crippen LogP contribution in [0.4, 0.5) is 0 Å². The Morgan fingerprint density at radius 1 is 1.15 bits per heavy atom. The van der Waals surface area contributed by atoms with Gasteiger partial charge in [-0.25, -0.2) is 4.79 Å². The highest BCUT2D eigenvalue weighted by Crippen LogP contribution is 2.21. The van der Waals surface area contributed by atoms with Gasteiger partial charge in [-0.3, -0.25) is 4.79 Å². The molecule has 142 valence electrons. The first-order chi connectivity index (χ1) is 13.2. The van der Waals surface area contributed by atoms with Gasteiger partial charge in [-0.15, -0.1) is 11.8 Å². The summed E-state index contributed by atoms with van der Waals surface area (Å²) in [6.07, 6.45) is 4.01. The van der Waals surface area contributed by atoms with Crippen molar-refractivity contribution in [1.29, 1.82) is 0 Å². The van der Waals surface area contributed by atoms with Gasteiger partial charge in [-0.05, 0) is 43.4 Å². The second-order valence-corrected chi connectivity index (χ2v) is 7.05. The number of esters is 1. The minimum absolute atomic E-state index is 0.0555. The normalized spacial score (nSPS) is 16.1. The molecule has 0 radical (unpaired) electrons. The lowest BCUT2D eigenvalue weighted by Gasteiger charge is -2.14. The standard InChI is InChI=1S/C21H22O5S/c1-27-17-10-8-15(9-11-17)19(22)14-26-21(23)18-6-2-3-7-20(18)25-13-16-5-4-12-24-16/h2-3,6-11,16H,4-5,12-14H2,1H3. The van der Waals surface area contributed by atoms with Crippen molar-refractivity contribution in [2.45, 2.75) is 23.8 Å². The largest absolute Gasteiger partial charge is 0.490 e. The molecule has 0 saturated carbocycles. The molecule has 1 heterocycles. The van der Waals surface area contributed by atoms with Crippen LogP contribution in [0, 0.1) is 0 Å². The molecule has 27 heavy (non-hydrogen) atoms. The molecule has 0 bridgehead atoms. The molecule has 0 spiro atoms. The van der Waals surface area contributed by atoms with Gasteiger partial charge in [0.1, 0.15) is 17.9 Å². The molecule has 0 amide bonds. The highest BCUT2D eigenvalue weighted by atomic mass is 32.2. The van der Waals surface area contributed by atoms with Crippen molar-refractivity contribution in [2.75, 3.05) is 26.1 Å². The van der Waals surface area contributed by atoms with E-state index < -0.39 is 5.97 Å². The SMILES string of the molecule is CSc1ccc(C(=O)COC(=O)c2ccccc2OCC2CCCO2)cc1. The van der Waals surface area contributed by atoms with Crippen LogP contribution in [0.3, 0.4) is 0 Å².